The van der Waals surface area contributed by atoms with Crippen LogP contribution in [0, 0.1) is 0 Å². The maximum Gasteiger partial charge on any atom is 0.252 e. The van der Waals surface area contributed by atoms with Gasteiger partial charge in [0.05, 0.1) is 5.69 Å². The molecule has 0 spiro atoms. The molecule has 0 saturated heterocycles. The molecule has 0 saturated carbocycles. The molecule has 0 radical (unpaired) electrons. The van der Waals surface area contributed by atoms with Crippen LogP contribution in [0.4, 0.5) is 0 Å². The zero-order valence-corrected chi connectivity index (χ0v) is 10.3. The van der Waals surface area contributed by atoms with Crippen molar-refractivity contribution in [2.75, 3.05) is 0 Å². The maximum absolute atomic E-state index is 4.49. The molecule has 0 aliphatic rings. The second kappa shape index (κ2) is 4.18. The first-order chi connectivity index (χ1) is 8.75. The van der Waals surface area contributed by atoms with Gasteiger partial charge in [-0.15, -0.1) is 0 Å². The lowest BCUT2D eigenvalue weighted by atomic mass is 10.1. The molecule has 3 heterocycles. The van der Waals surface area contributed by atoms with Gasteiger partial charge < -0.3 is 0 Å². The van der Waals surface area contributed by atoms with Crippen LogP contribution in [-0.4, -0.2) is 24.6 Å². The molecule has 3 aromatic rings. The Balaban J connectivity index is 2.29. The molecule has 0 N–H and O–H groups in total. The van der Waals surface area contributed by atoms with Gasteiger partial charge in [0, 0.05) is 23.7 Å². The molecule has 0 aliphatic heterocycles. The zero-order valence-electron chi connectivity index (χ0n) is 10.3. The van der Waals surface area contributed by atoms with Crippen LogP contribution in [0.25, 0.3) is 17.0 Å². The minimum absolute atomic E-state index is 0.354. The van der Waals surface area contributed by atoms with Crippen LogP contribution in [0.3, 0.4) is 0 Å². The molecule has 0 fully saturated rings. The minimum atomic E-state index is 0.354. The monoisotopic (exact) mass is 239 g/mol. The number of pyridine rings is 1. The van der Waals surface area contributed by atoms with Crippen molar-refractivity contribution >= 4 is 5.78 Å². The molecule has 0 atom stereocenters. The Labute approximate surface area is 105 Å². The smallest absolute Gasteiger partial charge is 0.252 e. The van der Waals surface area contributed by atoms with Gasteiger partial charge in [-0.2, -0.15) is 14.6 Å². The van der Waals surface area contributed by atoms with Crippen LogP contribution in [-0.2, 0) is 0 Å². The van der Waals surface area contributed by atoms with Gasteiger partial charge in [0.25, 0.3) is 5.78 Å². The van der Waals surface area contributed by atoms with Crippen molar-refractivity contribution < 1.29 is 0 Å². The molecule has 18 heavy (non-hydrogen) atoms. The zero-order chi connectivity index (χ0) is 12.5. The average molecular weight is 239 g/mol. The van der Waals surface area contributed by atoms with Crippen molar-refractivity contribution in [2.24, 2.45) is 0 Å². The van der Waals surface area contributed by atoms with Gasteiger partial charge in [0.2, 0.25) is 0 Å². The fraction of sp³-hybridized carbons (Fsp3) is 0.231. The molecule has 3 rings (SSSR count). The Morgan fingerprint density at radius 3 is 2.67 bits per heavy atom. The second-order valence-electron chi connectivity index (χ2n) is 4.43. The van der Waals surface area contributed by atoms with Crippen molar-refractivity contribution in [1.29, 1.82) is 0 Å². The summed E-state index contributed by atoms with van der Waals surface area (Å²) in [6, 6.07) is 5.98. The van der Waals surface area contributed by atoms with E-state index in [0.717, 1.165) is 17.0 Å². The fourth-order valence-corrected chi connectivity index (χ4v) is 1.85. The van der Waals surface area contributed by atoms with Gasteiger partial charge in [-0.3, -0.25) is 4.98 Å². The van der Waals surface area contributed by atoms with E-state index in [-0.39, 0.29) is 0 Å². The van der Waals surface area contributed by atoms with Crippen LogP contribution in [0.5, 0.6) is 0 Å². The van der Waals surface area contributed by atoms with E-state index in [1.165, 1.54) is 6.33 Å². The Bertz CT molecular complexity index is 672. The fourth-order valence-electron chi connectivity index (χ4n) is 1.85. The number of aromatic nitrogens is 5. The summed E-state index contributed by atoms with van der Waals surface area (Å²) in [7, 11) is 0. The Hall–Kier alpha value is -2.30. The maximum atomic E-state index is 4.49. The van der Waals surface area contributed by atoms with Crippen molar-refractivity contribution in [3.8, 4) is 11.3 Å². The molecule has 3 aromatic heterocycles. The quantitative estimate of drug-likeness (QED) is 0.688. The van der Waals surface area contributed by atoms with Crippen molar-refractivity contribution in [2.45, 2.75) is 19.8 Å². The van der Waals surface area contributed by atoms with Gasteiger partial charge in [-0.1, -0.05) is 13.8 Å². The van der Waals surface area contributed by atoms with Crippen molar-refractivity contribution in [3.05, 3.63) is 42.6 Å². The van der Waals surface area contributed by atoms with Crippen molar-refractivity contribution in [1.82, 2.24) is 24.6 Å². The van der Waals surface area contributed by atoms with Gasteiger partial charge in [0.1, 0.15) is 6.33 Å². The summed E-state index contributed by atoms with van der Waals surface area (Å²) in [6.07, 6.45) is 5.07. The van der Waals surface area contributed by atoms with Gasteiger partial charge >= 0.3 is 0 Å². The lowest BCUT2D eigenvalue weighted by Gasteiger charge is -2.09. The van der Waals surface area contributed by atoms with Crippen LogP contribution in [0.15, 0.2) is 36.9 Å². The lowest BCUT2D eigenvalue weighted by Crippen LogP contribution is -2.02. The summed E-state index contributed by atoms with van der Waals surface area (Å²) in [4.78, 5) is 12.7. The SMILES string of the molecule is CC(C)c1cc(-c2ccncc2)n2ncnc2n1. The van der Waals surface area contributed by atoms with Gasteiger partial charge in [-0.25, -0.2) is 4.98 Å². The molecule has 5 heteroatoms. The number of fused-ring (bicyclic) bond motifs is 1. The highest BCUT2D eigenvalue weighted by Crippen LogP contribution is 2.22. The van der Waals surface area contributed by atoms with E-state index in [9.17, 15) is 0 Å². The number of rotatable bonds is 2. The first-order valence-electron chi connectivity index (χ1n) is 5.87. The predicted molar refractivity (Wildman–Crippen MR) is 68.1 cm³/mol. The van der Waals surface area contributed by atoms with Crippen LogP contribution >= 0.6 is 0 Å². The Kier molecular flexibility index (Phi) is 2.51. The molecule has 0 unspecified atom stereocenters. The summed E-state index contributed by atoms with van der Waals surface area (Å²) in [6.45, 7) is 4.23. The number of hydrogen-bond acceptors (Lipinski definition) is 4. The topological polar surface area (TPSA) is 56.0 Å². The lowest BCUT2D eigenvalue weighted by molar-refractivity contribution is 0.809. The normalized spacial score (nSPS) is 11.3. The Morgan fingerprint density at radius 2 is 1.94 bits per heavy atom. The second-order valence-corrected chi connectivity index (χ2v) is 4.43. The molecule has 0 aliphatic carbocycles. The van der Waals surface area contributed by atoms with E-state index in [1.807, 2.05) is 12.1 Å². The van der Waals surface area contributed by atoms with E-state index in [4.69, 9.17) is 0 Å². The predicted octanol–water partition coefficient (Wildman–Crippen LogP) is 2.31. The summed E-state index contributed by atoms with van der Waals surface area (Å²) in [5.41, 5.74) is 3.07. The standard InChI is InChI=1S/C13H13N5/c1-9(2)11-7-12(10-3-5-14-6-4-10)18-13(17-11)15-8-16-18/h3-9H,1-2H3. The molecule has 0 aromatic carbocycles. The highest BCUT2D eigenvalue weighted by Gasteiger charge is 2.11. The van der Waals surface area contributed by atoms with Crippen LogP contribution in [0.1, 0.15) is 25.5 Å². The van der Waals surface area contributed by atoms with Crippen LogP contribution in [0.2, 0.25) is 0 Å². The third kappa shape index (κ3) is 1.73. The average Bonchev–Trinajstić information content (AvgIpc) is 2.86. The summed E-state index contributed by atoms with van der Waals surface area (Å²) in [5, 5.41) is 4.22. The van der Waals surface area contributed by atoms with E-state index >= 15 is 0 Å². The summed E-state index contributed by atoms with van der Waals surface area (Å²) < 4.78 is 1.75. The first kappa shape index (κ1) is 10.8. The van der Waals surface area contributed by atoms with Crippen molar-refractivity contribution in [3.63, 3.8) is 0 Å². The first-order valence-corrected chi connectivity index (χ1v) is 5.87. The summed E-state index contributed by atoms with van der Waals surface area (Å²) >= 11 is 0. The highest BCUT2D eigenvalue weighted by molar-refractivity contribution is 5.61. The largest absolute Gasteiger partial charge is 0.265 e. The van der Waals surface area contributed by atoms with E-state index in [2.05, 4.69) is 40.0 Å². The molecule has 0 bridgehead atoms. The van der Waals surface area contributed by atoms with E-state index in [1.54, 1.807) is 16.9 Å². The van der Waals surface area contributed by atoms with Gasteiger partial charge in [0.15, 0.2) is 0 Å². The van der Waals surface area contributed by atoms with Gasteiger partial charge in [-0.05, 0) is 24.1 Å². The highest BCUT2D eigenvalue weighted by atomic mass is 15.3. The molecule has 90 valence electrons. The van der Waals surface area contributed by atoms with E-state index < -0.39 is 0 Å². The number of nitrogens with zero attached hydrogens (tertiary/aromatic N) is 5. The molecular weight excluding hydrogens is 226 g/mol. The molecule has 0 amide bonds. The third-order valence-electron chi connectivity index (χ3n) is 2.84. The minimum Gasteiger partial charge on any atom is -0.265 e. The van der Waals surface area contributed by atoms with Crippen LogP contribution < -0.4 is 0 Å². The third-order valence-corrected chi connectivity index (χ3v) is 2.84. The molecule has 5 nitrogen and oxygen atoms in total. The number of hydrogen-bond donors (Lipinski definition) is 0. The Morgan fingerprint density at radius 1 is 1.17 bits per heavy atom. The van der Waals surface area contributed by atoms with E-state index in [0.29, 0.717) is 11.7 Å². The summed E-state index contributed by atoms with van der Waals surface area (Å²) in [5.74, 6) is 0.986. The molecular formula is C13H13N5.